The Labute approximate surface area is 123 Å². The van der Waals surface area contributed by atoms with Crippen LogP contribution in [0.3, 0.4) is 0 Å². The van der Waals surface area contributed by atoms with E-state index in [2.05, 4.69) is 0 Å². The van der Waals surface area contributed by atoms with Crippen LogP contribution in [0.4, 0.5) is 18.9 Å². The van der Waals surface area contributed by atoms with Gasteiger partial charge < -0.3 is 4.90 Å². The van der Waals surface area contributed by atoms with Gasteiger partial charge >= 0.3 is 6.18 Å². The number of thioether (sulfide) groups is 1. The molecule has 0 fully saturated rings. The Bertz CT molecular complexity index is 542. The van der Waals surface area contributed by atoms with E-state index in [-0.39, 0.29) is 17.0 Å². The zero-order valence-electron chi connectivity index (χ0n) is 10.4. The van der Waals surface area contributed by atoms with Crippen LogP contribution < -0.4 is 4.90 Å². The number of nitriles is 1. The van der Waals surface area contributed by atoms with Crippen LogP contribution >= 0.6 is 23.4 Å². The van der Waals surface area contributed by atoms with Crippen LogP contribution in [-0.2, 0) is 4.79 Å². The fraction of sp³-hybridized carbons (Fsp3) is 0.333. The molecule has 0 saturated heterocycles. The van der Waals surface area contributed by atoms with Crippen molar-refractivity contribution in [3.63, 3.8) is 0 Å². The van der Waals surface area contributed by atoms with Crippen LogP contribution in [0.2, 0.25) is 5.02 Å². The molecule has 1 aromatic carbocycles. The third-order valence-corrected chi connectivity index (χ3v) is 3.52. The maximum Gasteiger partial charge on any atom is 0.397 e. The molecular weight excluding hydrogens is 313 g/mol. The van der Waals surface area contributed by atoms with Gasteiger partial charge in [-0.3, -0.25) is 4.79 Å². The summed E-state index contributed by atoms with van der Waals surface area (Å²) in [5.74, 6) is -1.95. The summed E-state index contributed by atoms with van der Waals surface area (Å²) in [6, 6.07) is 6.27. The number of nitrogens with zero attached hydrogens (tertiary/aromatic N) is 2. The van der Waals surface area contributed by atoms with E-state index in [1.165, 1.54) is 25.2 Å². The molecule has 0 N–H and O–H groups in total. The zero-order valence-corrected chi connectivity index (χ0v) is 11.9. The molecule has 0 radical (unpaired) electrons. The van der Waals surface area contributed by atoms with Crippen molar-refractivity contribution in [2.24, 2.45) is 0 Å². The molecule has 1 rings (SSSR count). The molecule has 0 heterocycles. The third-order valence-electron chi connectivity index (χ3n) is 2.31. The highest BCUT2D eigenvalue weighted by molar-refractivity contribution is 8.00. The summed E-state index contributed by atoms with van der Waals surface area (Å²) in [4.78, 5) is 12.9. The maximum atomic E-state index is 12.0. The molecular formula is C12H10ClF3N2OS. The number of carbonyl (C=O) groups is 1. The van der Waals surface area contributed by atoms with Gasteiger partial charge in [0.15, 0.2) is 0 Å². The van der Waals surface area contributed by atoms with E-state index in [0.717, 1.165) is 4.90 Å². The molecule has 0 saturated carbocycles. The molecule has 8 heteroatoms. The van der Waals surface area contributed by atoms with Gasteiger partial charge in [0.25, 0.3) is 0 Å². The first kappa shape index (κ1) is 16.7. The van der Waals surface area contributed by atoms with Crippen molar-refractivity contribution in [1.29, 1.82) is 5.26 Å². The average Bonchev–Trinajstić information content (AvgIpc) is 2.36. The molecule has 1 amide bonds. The van der Waals surface area contributed by atoms with Crippen LogP contribution in [0.15, 0.2) is 18.2 Å². The Morgan fingerprint density at radius 3 is 2.70 bits per heavy atom. The molecule has 1 aromatic rings. The summed E-state index contributed by atoms with van der Waals surface area (Å²) < 4.78 is 36.0. The number of hydrogen-bond acceptors (Lipinski definition) is 3. The van der Waals surface area contributed by atoms with Crippen molar-refractivity contribution in [2.45, 2.75) is 6.18 Å². The number of alkyl halides is 3. The minimum atomic E-state index is -4.31. The second-order valence-corrected chi connectivity index (χ2v) is 5.26. The summed E-state index contributed by atoms with van der Waals surface area (Å²) >= 11 is 6.26. The normalized spacial score (nSPS) is 11.0. The molecule has 0 bridgehead atoms. The topological polar surface area (TPSA) is 44.1 Å². The number of hydrogen-bond donors (Lipinski definition) is 0. The lowest BCUT2D eigenvalue weighted by Gasteiger charge is -2.19. The van der Waals surface area contributed by atoms with Gasteiger partial charge in [-0.05, 0) is 18.2 Å². The molecule has 3 nitrogen and oxygen atoms in total. The first-order valence-electron chi connectivity index (χ1n) is 5.35. The van der Waals surface area contributed by atoms with Crippen LogP contribution in [0, 0.1) is 11.3 Å². The highest BCUT2D eigenvalue weighted by Crippen LogP contribution is 2.25. The standard InChI is InChI=1S/C12H10ClF3N2OS/c1-18(11(19)6-20-7-12(14,15)16)10-4-9(13)3-2-8(10)5-17/h2-4H,6-7H2,1H3. The van der Waals surface area contributed by atoms with Gasteiger partial charge in [-0.2, -0.15) is 18.4 Å². The Kier molecular flexibility index (Phi) is 5.72. The van der Waals surface area contributed by atoms with Crippen molar-refractivity contribution in [1.82, 2.24) is 0 Å². The van der Waals surface area contributed by atoms with Crippen LogP contribution in [0.1, 0.15) is 5.56 Å². The first-order chi connectivity index (χ1) is 9.24. The number of anilines is 1. The largest absolute Gasteiger partial charge is 0.397 e. The third kappa shape index (κ3) is 4.94. The van der Waals surface area contributed by atoms with E-state index < -0.39 is 17.8 Å². The molecule has 20 heavy (non-hydrogen) atoms. The van der Waals surface area contributed by atoms with Crippen molar-refractivity contribution in [2.75, 3.05) is 23.5 Å². The summed E-state index contributed by atoms with van der Waals surface area (Å²) in [7, 11) is 1.39. The monoisotopic (exact) mass is 322 g/mol. The Hall–Kier alpha value is -1.39. The molecule has 0 aromatic heterocycles. The molecule has 0 atom stereocenters. The fourth-order valence-corrected chi connectivity index (χ4v) is 2.23. The summed E-state index contributed by atoms with van der Waals surface area (Å²) in [5, 5.41) is 9.27. The SMILES string of the molecule is CN(C(=O)CSCC(F)(F)F)c1cc(Cl)ccc1C#N. The summed E-state index contributed by atoms with van der Waals surface area (Å²) in [5.41, 5.74) is 0.503. The molecule has 0 aliphatic heterocycles. The molecule has 0 spiro atoms. The Morgan fingerprint density at radius 2 is 2.15 bits per heavy atom. The highest BCUT2D eigenvalue weighted by Gasteiger charge is 2.27. The van der Waals surface area contributed by atoms with Crippen LogP contribution in [0.25, 0.3) is 0 Å². The van der Waals surface area contributed by atoms with E-state index >= 15 is 0 Å². The van der Waals surface area contributed by atoms with Gasteiger partial charge in [-0.25, -0.2) is 0 Å². The second kappa shape index (κ2) is 6.86. The molecule has 108 valence electrons. The maximum absolute atomic E-state index is 12.0. The lowest BCUT2D eigenvalue weighted by atomic mass is 10.2. The van der Waals surface area contributed by atoms with E-state index in [0.29, 0.717) is 16.8 Å². The predicted molar refractivity (Wildman–Crippen MR) is 73.0 cm³/mol. The van der Waals surface area contributed by atoms with Crippen molar-refractivity contribution < 1.29 is 18.0 Å². The van der Waals surface area contributed by atoms with Crippen molar-refractivity contribution in [3.8, 4) is 6.07 Å². The van der Waals surface area contributed by atoms with E-state index in [9.17, 15) is 18.0 Å². The van der Waals surface area contributed by atoms with Gasteiger partial charge in [-0.1, -0.05) is 11.6 Å². The predicted octanol–water partition coefficient (Wildman–Crippen LogP) is 3.47. The van der Waals surface area contributed by atoms with Gasteiger partial charge in [0.1, 0.15) is 6.07 Å². The lowest BCUT2D eigenvalue weighted by molar-refractivity contribution is -0.115. The smallest absolute Gasteiger partial charge is 0.313 e. The van der Waals surface area contributed by atoms with Gasteiger partial charge in [-0.15, -0.1) is 11.8 Å². The minimum Gasteiger partial charge on any atom is -0.313 e. The number of carbonyl (C=O) groups excluding carboxylic acids is 1. The van der Waals surface area contributed by atoms with Crippen LogP contribution in [-0.4, -0.2) is 30.6 Å². The van der Waals surface area contributed by atoms with Crippen LogP contribution in [0.5, 0.6) is 0 Å². The summed E-state index contributed by atoms with van der Waals surface area (Å²) in [6.45, 7) is 0. The van der Waals surface area contributed by atoms with Gasteiger partial charge in [0, 0.05) is 12.1 Å². The number of halogens is 4. The lowest BCUT2D eigenvalue weighted by Crippen LogP contribution is -2.29. The van der Waals surface area contributed by atoms with Crippen molar-refractivity contribution >= 4 is 35.0 Å². The van der Waals surface area contributed by atoms with Gasteiger partial charge in [0.05, 0.1) is 22.8 Å². The van der Waals surface area contributed by atoms with E-state index in [1.807, 2.05) is 6.07 Å². The Morgan fingerprint density at radius 1 is 1.50 bits per heavy atom. The van der Waals surface area contributed by atoms with Crippen molar-refractivity contribution in [3.05, 3.63) is 28.8 Å². The molecule has 0 aliphatic carbocycles. The average molecular weight is 323 g/mol. The molecule has 0 unspecified atom stereocenters. The fourth-order valence-electron chi connectivity index (χ4n) is 1.36. The number of amides is 1. The second-order valence-electron chi connectivity index (χ2n) is 3.83. The zero-order chi connectivity index (χ0) is 15.3. The number of rotatable bonds is 4. The Balaban J connectivity index is 2.75. The summed E-state index contributed by atoms with van der Waals surface area (Å²) in [6.07, 6.45) is -4.31. The van der Waals surface area contributed by atoms with Gasteiger partial charge in [0.2, 0.25) is 5.91 Å². The first-order valence-corrected chi connectivity index (χ1v) is 6.88. The quantitative estimate of drug-likeness (QED) is 0.852. The minimum absolute atomic E-state index is 0.228. The highest BCUT2D eigenvalue weighted by atomic mass is 35.5. The molecule has 0 aliphatic rings. The van der Waals surface area contributed by atoms with E-state index in [1.54, 1.807) is 0 Å². The number of benzene rings is 1. The van der Waals surface area contributed by atoms with E-state index in [4.69, 9.17) is 16.9 Å².